The minimum absolute atomic E-state index is 0.0162. The maximum absolute atomic E-state index is 12.6. The fourth-order valence-corrected chi connectivity index (χ4v) is 2.27. The molecule has 3 aromatic rings. The van der Waals surface area contributed by atoms with Crippen LogP contribution in [-0.2, 0) is 11.0 Å². The van der Waals surface area contributed by atoms with Crippen LogP contribution in [0.4, 0.5) is 30.2 Å². The van der Waals surface area contributed by atoms with E-state index in [0.29, 0.717) is 17.1 Å². The minimum Gasteiger partial charge on any atom is -0.507 e. The molecule has 3 rings (SSSR count). The first-order valence-corrected chi connectivity index (χ1v) is 7.28. The summed E-state index contributed by atoms with van der Waals surface area (Å²) < 4.78 is 37.9. The lowest BCUT2D eigenvalue weighted by atomic mass is 10.1. The van der Waals surface area contributed by atoms with Gasteiger partial charge < -0.3 is 10.4 Å². The molecule has 6 nitrogen and oxygen atoms in total. The molecule has 0 bridgehead atoms. The summed E-state index contributed by atoms with van der Waals surface area (Å²) >= 11 is 0. The summed E-state index contributed by atoms with van der Waals surface area (Å²) in [5.74, 6) is -0.225. The van der Waals surface area contributed by atoms with Crippen LogP contribution >= 0.6 is 0 Å². The zero-order valence-electron chi connectivity index (χ0n) is 13.0. The van der Waals surface area contributed by atoms with Crippen molar-refractivity contribution in [2.24, 2.45) is 4.99 Å². The molecule has 0 radical (unpaired) electrons. The summed E-state index contributed by atoms with van der Waals surface area (Å²) in [6.45, 7) is 0. The molecule has 0 fully saturated rings. The lowest BCUT2D eigenvalue weighted by molar-refractivity contribution is -0.141. The number of aromatic amines is 1. The lowest BCUT2D eigenvalue weighted by Crippen LogP contribution is -2.04. The predicted octanol–water partition coefficient (Wildman–Crippen LogP) is 4.51. The number of phenols is 1. The van der Waals surface area contributed by atoms with Gasteiger partial charge in [-0.05, 0) is 42.5 Å². The number of hydrogen-bond acceptors (Lipinski definition) is 5. The summed E-state index contributed by atoms with van der Waals surface area (Å²) in [6.07, 6.45) is -3.10. The zero-order valence-corrected chi connectivity index (χ0v) is 13.0. The molecule has 0 spiro atoms. The second kappa shape index (κ2) is 6.73. The van der Waals surface area contributed by atoms with Crippen molar-refractivity contribution in [1.82, 2.24) is 10.2 Å². The van der Waals surface area contributed by atoms with Gasteiger partial charge in [-0.15, -0.1) is 0 Å². The molecule has 132 valence electrons. The number of carbonyl (C=O) groups excluding carboxylic acids is 1. The van der Waals surface area contributed by atoms with Gasteiger partial charge in [0.1, 0.15) is 11.4 Å². The highest BCUT2D eigenvalue weighted by Crippen LogP contribution is 2.35. The number of H-pyrrole nitrogens is 1. The average Bonchev–Trinajstić information content (AvgIpc) is 3.07. The van der Waals surface area contributed by atoms with E-state index in [1.807, 2.05) is 5.10 Å². The molecule has 0 aliphatic heterocycles. The number of nitrogens with one attached hydrogen (secondary N) is 2. The standard InChI is InChI=1S/C17H11F3N4O2/c18-17(19,20)16-8-14(23-24-16)13-6-5-12(7-15(13)26)22-11-3-1-10(2-4-11)21-9-25/h1-8,22,26H,(H,23,24). The van der Waals surface area contributed by atoms with Gasteiger partial charge in [-0.25, -0.2) is 4.79 Å². The number of alkyl halides is 3. The number of aliphatic imine (C=N–C) groups is 1. The lowest BCUT2D eigenvalue weighted by Gasteiger charge is -2.09. The topological polar surface area (TPSA) is 90.4 Å². The Bertz CT molecular complexity index is 974. The van der Waals surface area contributed by atoms with Crippen molar-refractivity contribution in [2.45, 2.75) is 6.18 Å². The summed E-state index contributed by atoms with van der Waals surface area (Å²) in [7, 11) is 0. The summed E-state index contributed by atoms with van der Waals surface area (Å²) in [4.78, 5) is 13.7. The smallest absolute Gasteiger partial charge is 0.432 e. The molecule has 0 saturated heterocycles. The fourth-order valence-electron chi connectivity index (χ4n) is 2.27. The number of benzene rings is 2. The molecule has 2 aromatic carbocycles. The van der Waals surface area contributed by atoms with Crippen molar-refractivity contribution in [3.05, 3.63) is 54.2 Å². The number of hydrogen-bond donors (Lipinski definition) is 3. The Morgan fingerprint density at radius 1 is 1.08 bits per heavy atom. The Morgan fingerprint density at radius 3 is 2.35 bits per heavy atom. The first kappa shape index (κ1) is 17.2. The van der Waals surface area contributed by atoms with E-state index in [4.69, 9.17) is 0 Å². The first-order chi connectivity index (χ1) is 12.4. The van der Waals surface area contributed by atoms with Crippen LogP contribution in [0, 0.1) is 0 Å². The second-order valence-electron chi connectivity index (χ2n) is 5.27. The molecule has 0 aliphatic carbocycles. The summed E-state index contributed by atoms with van der Waals surface area (Å²) in [5, 5.41) is 18.6. The molecule has 9 heteroatoms. The van der Waals surface area contributed by atoms with Crippen molar-refractivity contribution >= 4 is 23.1 Å². The van der Waals surface area contributed by atoms with Crippen molar-refractivity contribution in [1.29, 1.82) is 0 Å². The van der Waals surface area contributed by atoms with E-state index < -0.39 is 11.9 Å². The van der Waals surface area contributed by atoms with Crippen molar-refractivity contribution < 1.29 is 23.1 Å². The molecule has 3 N–H and O–H groups in total. The Balaban J connectivity index is 1.81. The van der Waals surface area contributed by atoms with Crippen molar-refractivity contribution in [2.75, 3.05) is 5.32 Å². The molecule has 1 heterocycles. The quantitative estimate of drug-likeness (QED) is 0.472. The van der Waals surface area contributed by atoms with Crippen molar-refractivity contribution in [3.63, 3.8) is 0 Å². The summed E-state index contributed by atoms with van der Waals surface area (Å²) in [6, 6.07) is 11.8. The van der Waals surface area contributed by atoms with E-state index in [1.165, 1.54) is 18.2 Å². The fraction of sp³-hybridized carbons (Fsp3) is 0.0588. The largest absolute Gasteiger partial charge is 0.507 e. The van der Waals surface area contributed by atoms with Crippen LogP contribution in [0.2, 0.25) is 0 Å². The maximum atomic E-state index is 12.6. The molecule has 0 aliphatic rings. The van der Waals surface area contributed by atoms with Gasteiger partial charge in [0, 0.05) is 23.0 Å². The van der Waals surface area contributed by atoms with Gasteiger partial charge in [0.05, 0.1) is 11.4 Å². The Morgan fingerprint density at radius 2 is 1.77 bits per heavy atom. The van der Waals surface area contributed by atoms with Crippen LogP contribution in [0.3, 0.4) is 0 Å². The monoisotopic (exact) mass is 360 g/mol. The third-order valence-corrected chi connectivity index (χ3v) is 3.49. The van der Waals surface area contributed by atoms with E-state index in [1.54, 1.807) is 30.3 Å². The minimum atomic E-state index is -4.54. The normalized spacial score (nSPS) is 11.0. The van der Waals surface area contributed by atoms with E-state index >= 15 is 0 Å². The number of isocyanates is 1. The van der Waals surface area contributed by atoms with Gasteiger partial charge in [-0.2, -0.15) is 23.3 Å². The molecule has 1 aromatic heterocycles. The Labute approximate surface area is 145 Å². The second-order valence-corrected chi connectivity index (χ2v) is 5.27. The number of nitrogens with zero attached hydrogens (tertiary/aromatic N) is 2. The maximum Gasteiger partial charge on any atom is 0.432 e. The van der Waals surface area contributed by atoms with E-state index in [2.05, 4.69) is 15.4 Å². The number of rotatable bonds is 4. The SMILES string of the molecule is O=C=Nc1ccc(Nc2ccc(-c3cc(C(F)(F)F)[nH]n3)c(O)c2)cc1. The molecule has 0 unspecified atom stereocenters. The molecule has 0 amide bonds. The zero-order chi connectivity index (χ0) is 18.7. The molecular weight excluding hydrogens is 349 g/mol. The molecule has 0 atom stereocenters. The highest BCUT2D eigenvalue weighted by atomic mass is 19.4. The van der Waals surface area contributed by atoms with Crippen LogP contribution in [0.25, 0.3) is 11.3 Å². The number of aromatic hydroxyl groups is 1. The Hall–Kier alpha value is -3.58. The highest BCUT2D eigenvalue weighted by molar-refractivity contribution is 5.73. The van der Waals surface area contributed by atoms with Gasteiger partial charge in [-0.3, -0.25) is 5.10 Å². The average molecular weight is 360 g/mol. The van der Waals surface area contributed by atoms with Gasteiger partial charge in [-0.1, -0.05) is 0 Å². The van der Waals surface area contributed by atoms with Crippen LogP contribution in [-0.4, -0.2) is 21.4 Å². The first-order valence-electron chi connectivity index (χ1n) is 7.28. The van der Waals surface area contributed by atoms with E-state index in [0.717, 1.165) is 6.07 Å². The van der Waals surface area contributed by atoms with Crippen LogP contribution in [0.5, 0.6) is 5.75 Å². The van der Waals surface area contributed by atoms with Crippen LogP contribution < -0.4 is 5.32 Å². The van der Waals surface area contributed by atoms with E-state index in [-0.39, 0.29) is 17.0 Å². The third-order valence-electron chi connectivity index (χ3n) is 3.49. The van der Waals surface area contributed by atoms with Crippen LogP contribution in [0.15, 0.2) is 53.5 Å². The molecule has 0 saturated carbocycles. The number of halogens is 3. The molecular formula is C17H11F3N4O2. The Kier molecular flexibility index (Phi) is 4.47. The number of aromatic nitrogens is 2. The van der Waals surface area contributed by atoms with Crippen molar-refractivity contribution in [3.8, 4) is 17.0 Å². The molecule has 26 heavy (non-hydrogen) atoms. The predicted molar refractivity (Wildman–Crippen MR) is 88.2 cm³/mol. The van der Waals surface area contributed by atoms with Gasteiger partial charge in [0.15, 0.2) is 0 Å². The highest BCUT2D eigenvalue weighted by Gasteiger charge is 2.33. The van der Waals surface area contributed by atoms with Gasteiger partial charge in [0.2, 0.25) is 6.08 Å². The number of phenolic OH excluding ortho intramolecular Hbond substituents is 1. The van der Waals surface area contributed by atoms with Crippen LogP contribution in [0.1, 0.15) is 5.69 Å². The van der Waals surface area contributed by atoms with E-state index in [9.17, 15) is 23.1 Å². The van der Waals surface area contributed by atoms with Gasteiger partial charge in [0.25, 0.3) is 0 Å². The third kappa shape index (κ3) is 3.73. The summed E-state index contributed by atoms with van der Waals surface area (Å²) in [5.41, 5.74) is 0.788. The number of anilines is 2. The van der Waals surface area contributed by atoms with Gasteiger partial charge >= 0.3 is 6.18 Å².